The lowest BCUT2D eigenvalue weighted by Crippen LogP contribution is -2.35. The minimum absolute atomic E-state index is 0.260. The minimum atomic E-state index is -0.340. The molecule has 4 nitrogen and oxygen atoms in total. The monoisotopic (exact) mass is 356 g/mol. The lowest BCUT2D eigenvalue weighted by atomic mass is 9.95. The average Bonchev–Trinajstić information content (AvgIpc) is 2.94. The van der Waals surface area contributed by atoms with Gasteiger partial charge in [-0.3, -0.25) is 0 Å². The second kappa shape index (κ2) is 6.55. The summed E-state index contributed by atoms with van der Waals surface area (Å²) in [5.41, 5.74) is 0.968. The predicted molar refractivity (Wildman–Crippen MR) is 82.5 cm³/mol. The molecule has 116 valence electrons. The number of hydrogen-bond acceptors (Lipinski definition) is 4. The molecule has 0 N–H and O–H groups in total. The highest BCUT2D eigenvalue weighted by atomic mass is 79.9. The summed E-state index contributed by atoms with van der Waals surface area (Å²) in [5.74, 6) is 2.00. The van der Waals surface area contributed by atoms with Crippen molar-refractivity contribution in [3.63, 3.8) is 0 Å². The first-order valence-electron chi connectivity index (χ1n) is 7.59. The van der Waals surface area contributed by atoms with E-state index in [-0.39, 0.29) is 19.2 Å². The third-order valence-electron chi connectivity index (χ3n) is 4.13. The summed E-state index contributed by atoms with van der Waals surface area (Å²) in [4.78, 5) is 0. The van der Waals surface area contributed by atoms with E-state index < -0.39 is 0 Å². The fraction of sp³-hybridized carbons (Fsp3) is 0.625. The normalized spacial score (nSPS) is 27.9. The molecular weight excluding hydrogens is 336 g/mol. The van der Waals surface area contributed by atoms with Crippen molar-refractivity contribution >= 4 is 15.9 Å². The number of benzene rings is 1. The predicted octanol–water partition coefficient (Wildman–Crippen LogP) is 4.42. The van der Waals surface area contributed by atoms with Crippen LogP contribution in [0.2, 0.25) is 0 Å². The summed E-state index contributed by atoms with van der Waals surface area (Å²) in [7, 11) is 0. The van der Waals surface area contributed by atoms with E-state index in [4.69, 9.17) is 18.9 Å². The highest BCUT2D eigenvalue weighted by Crippen LogP contribution is 2.42. The first-order chi connectivity index (χ1) is 10.2. The average molecular weight is 357 g/mol. The molecule has 0 spiro atoms. The van der Waals surface area contributed by atoms with Gasteiger partial charge in [0.1, 0.15) is 0 Å². The summed E-state index contributed by atoms with van der Waals surface area (Å²) in [6, 6.07) is 3.87. The van der Waals surface area contributed by atoms with Crippen LogP contribution in [0.5, 0.6) is 11.5 Å². The Morgan fingerprint density at radius 3 is 2.67 bits per heavy atom. The van der Waals surface area contributed by atoms with Crippen molar-refractivity contribution in [3.8, 4) is 11.5 Å². The second-order valence-electron chi connectivity index (χ2n) is 5.52. The molecule has 1 saturated heterocycles. The molecule has 0 saturated carbocycles. The van der Waals surface area contributed by atoms with E-state index in [1.165, 1.54) is 0 Å². The zero-order chi connectivity index (χ0) is 14.8. The molecule has 21 heavy (non-hydrogen) atoms. The van der Waals surface area contributed by atoms with E-state index in [1.807, 2.05) is 12.1 Å². The molecule has 2 aliphatic rings. The number of hydrogen-bond donors (Lipinski definition) is 0. The topological polar surface area (TPSA) is 36.9 Å². The van der Waals surface area contributed by atoms with Crippen molar-refractivity contribution in [2.75, 3.05) is 13.4 Å². The molecule has 3 rings (SSSR count). The molecule has 5 heteroatoms. The van der Waals surface area contributed by atoms with Gasteiger partial charge < -0.3 is 18.9 Å². The molecule has 0 amide bonds. The van der Waals surface area contributed by atoms with E-state index in [2.05, 4.69) is 29.8 Å². The zero-order valence-corrected chi connectivity index (χ0v) is 14.0. The third kappa shape index (κ3) is 3.05. The van der Waals surface area contributed by atoms with Gasteiger partial charge in [-0.1, -0.05) is 36.2 Å². The van der Waals surface area contributed by atoms with E-state index in [9.17, 15) is 0 Å². The van der Waals surface area contributed by atoms with Crippen molar-refractivity contribution in [1.82, 2.24) is 0 Å². The Hall–Kier alpha value is -0.780. The molecule has 0 aliphatic carbocycles. The smallest absolute Gasteiger partial charge is 0.231 e. The molecule has 2 aliphatic heterocycles. The third-order valence-corrected chi connectivity index (χ3v) is 4.82. The fourth-order valence-corrected chi connectivity index (χ4v) is 3.38. The van der Waals surface area contributed by atoms with Crippen LogP contribution in [0.1, 0.15) is 45.0 Å². The number of rotatable bonds is 4. The minimum Gasteiger partial charge on any atom is -0.454 e. The quantitative estimate of drug-likeness (QED) is 0.800. The second-order valence-corrected chi connectivity index (χ2v) is 6.38. The van der Waals surface area contributed by atoms with Crippen molar-refractivity contribution in [1.29, 1.82) is 0 Å². The molecule has 0 unspecified atom stereocenters. The van der Waals surface area contributed by atoms with Crippen LogP contribution in [-0.2, 0) is 9.47 Å². The van der Waals surface area contributed by atoms with Crippen molar-refractivity contribution < 1.29 is 18.9 Å². The largest absolute Gasteiger partial charge is 0.454 e. The summed E-state index contributed by atoms with van der Waals surface area (Å²) in [6.45, 7) is 5.40. The van der Waals surface area contributed by atoms with Crippen molar-refractivity contribution in [2.24, 2.45) is 5.92 Å². The molecule has 0 aromatic heterocycles. The van der Waals surface area contributed by atoms with Gasteiger partial charge in [0.2, 0.25) is 6.79 Å². The van der Waals surface area contributed by atoms with Crippen LogP contribution in [0.15, 0.2) is 16.6 Å². The number of fused-ring (bicyclic) bond motifs is 1. The number of halogens is 1. The van der Waals surface area contributed by atoms with Crippen molar-refractivity contribution in [2.45, 2.75) is 45.5 Å². The highest BCUT2D eigenvalue weighted by molar-refractivity contribution is 9.10. The molecule has 3 atom stereocenters. The van der Waals surface area contributed by atoms with Crippen LogP contribution < -0.4 is 9.47 Å². The molecule has 1 aromatic carbocycles. The Morgan fingerprint density at radius 1 is 1.19 bits per heavy atom. The molecule has 0 bridgehead atoms. The maximum Gasteiger partial charge on any atom is 0.231 e. The zero-order valence-electron chi connectivity index (χ0n) is 12.4. The maximum atomic E-state index is 6.21. The van der Waals surface area contributed by atoms with Crippen LogP contribution >= 0.6 is 15.9 Å². The SMILES string of the molecule is CCC[C@@H]1O[C@@H](c2cc3c(cc2Br)OCO3)OC[C@@H]1CC. The van der Waals surface area contributed by atoms with Gasteiger partial charge in [-0.2, -0.15) is 0 Å². The Morgan fingerprint density at radius 2 is 1.95 bits per heavy atom. The van der Waals surface area contributed by atoms with E-state index in [0.29, 0.717) is 5.92 Å². The number of ether oxygens (including phenoxy) is 4. The van der Waals surface area contributed by atoms with Gasteiger partial charge >= 0.3 is 0 Å². The summed E-state index contributed by atoms with van der Waals surface area (Å²) in [5, 5.41) is 0. The Bertz CT molecular complexity index is 505. The molecule has 1 aromatic rings. The lowest BCUT2D eigenvalue weighted by molar-refractivity contribution is -0.243. The van der Waals surface area contributed by atoms with Crippen LogP contribution in [0.3, 0.4) is 0 Å². The summed E-state index contributed by atoms with van der Waals surface area (Å²) < 4.78 is 23.9. The van der Waals surface area contributed by atoms with Gasteiger partial charge in [-0.15, -0.1) is 0 Å². The van der Waals surface area contributed by atoms with Gasteiger partial charge in [0.05, 0.1) is 12.7 Å². The van der Waals surface area contributed by atoms with E-state index >= 15 is 0 Å². The van der Waals surface area contributed by atoms with Crippen LogP contribution in [0, 0.1) is 5.92 Å². The molecular formula is C16H21BrO4. The Labute approximate surface area is 133 Å². The Balaban J connectivity index is 1.81. The highest BCUT2D eigenvalue weighted by Gasteiger charge is 2.33. The van der Waals surface area contributed by atoms with Gasteiger partial charge in [-0.05, 0) is 25.0 Å². The molecule has 1 fully saturated rings. The fourth-order valence-electron chi connectivity index (χ4n) is 2.87. The van der Waals surface area contributed by atoms with Crippen LogP contribution in [0.4, 0.5) is 0 Å². The first kappa shape index (κ1) is 15.1. The maximum absolute atomic E-state index is 6.21. The van der Waals surface area contributed by atoms with Crippen molar-refractivity contribution in [3.05, 3.63) is 22.2 Å². The Kier molecular flexibility index (Phi) is 4.72. The summed E-state index contributed by atoms with van der Waals surface area (Å²) in [6.07, 6.45) is 3.19. The van der Waals surface area contributed by atoms with Gasteiger partial charge in [-0.25, -0.2) is 0 Å². The summed E-state index contributed by atoms with van der Waals surface area (Å²) >= 11 is 3.58. The van der Waals surface area contributed by atoms with E-state index in [0.717, 1.165) is 47.4 Å². The molecule has 2 heterocycles. The lowest BCUT2D eigenvalue weighted by Gasteiger charge is -2.36. The van der Waals surface area contributed by atoms with E-state index in [1.54, 1.807) is 0 Å². The van der Waals surface area contributed by atoms with Gasteiger partial charge in [0.15, 0.2) is 17.8 Å². The van der Waals surface area contributed by atoms with Gasteiger partial charge in [0.25, 0.3) is 0 Å². The molecule has 0 radical (unpaired) electrons. The van der Waals surface area contributed by atoms with Gasteiger partial charge in [0, 0.05) is 16.0 Å². The van der Waals surface area contributed by atoms with Crippen LogP contribution in [0.25, 0.3) is 0 Å². The standard InChI is InChI=1S/C16H21BrO4/c1-3-5-13-10(4-2)8-18-16(21-13)11-6-14-15(7-12(11)17)20-9-19-14/h6-7,10,13,16H,3-5,8-9H2,1-2H3/t10-,13-,16-/m0/s1. The van der Waals surface area contributed by atoms with Crippen LogP contribution in [-0.4, -0.2) is 19.5 Å². The first-order valence-corrected chi connectivity index (χ1v) is 8.38.